The summed E-state index contributed by atoms with van der Waals surface area (Å²) in [4.78, 5) is 14.9. The number of urea groups is 1. The van der Waals surface area contributed by atoms with Crippen molar-refractivity contribution in [3.8, 4) is 0 Å². The van der Waals surface area contributed by atoms with E-state index in [1.54, 1.807) is 6.26 Å². The molecule has 2 amide bonds. The molecule has 26 heavy (non-hydrogen) atoms. The minimum Gasteiger partial charge on any atom is -0.468 e. The second kappa shape index (κ2) is 7.96. The smallest absolute Gasteiger partial charge is 0.315 e. The summed E-state index contributed by atoms with van der Waals surface area (Å²) in [6.07, 6.45) is 7.50. The van der Waals surface area contributed by atoms with Gasteiger partial charge in [-0.25, -0.2) is 4.79 Å². The van der Waals surface area contributed by atoms with E-state index in [1.807, 2.05) is 36.4 Å². The van der Waals surface area contributed by atoms with Gasteiger partial charge in [-0.3, -0.25) is 4.90 Å². The summed E-state index contributed by atoms with van der Waals surface area (Å²) < 4.78 is 5.55. The molecule has 0 spiro atoms. The Kier molecular flexibility index (Phi) is 5.25. The number of amides is 2. The van der Waals surface area contributed by atoms with Gasteiger partial charge in [0.15, 0.2) is 0 Å². The fourth-order valence-corrected chi connectivity index (χ4v) is 4.45. The highest BCUT2D eigenvalue weighted by atomic mass is 16.3. The minimum absolute atomic E-state index is 0.0589. The number of furan rings is 1. The first-order valence-electron chi connectivity index (χ1n) is 9.64. The van der Waals surface area contributed by atoms with E-state index in [1.165, 1.54) is 19.3 Å². The lowest BCUT2D eigenvalue weighted by molar-refractivity contribution is 0.0147. The lowest BCUT2D eigenvalue weighted by atomic mass is 9.81. The summed E-state index contributed by atoms with van der Waals surface area (Å²) in [5.41, 5.74) is 1.12. The van der Waals surface area contributed by atoms with Gasteiger partial charge in [-0.1, -0.05) is 36.8 Å². The molecule has 4 rings (SSSR count). The summed E-state index contributed by atoms with van der Waals surface area (Å²) in [7, 11) is 0. The molecule has 1 aromatic heterocycles. The molecule has 2 aliphatic heterocycles. The number of hydrogen-bond donors (Lipinski definition) is 2. The Morgan fingerprint density at radius 1 is 1.08 bits per heavy atom. The third kappa shape index (κ3) is 4.10. The zero-order valence-corrected chi connectivity index (χ0v) is 15.1. The fraction of sp³-hybridized carbons (Fsp3) is 0.476. The van der Waals surface area contributed by atoms with E-state index in [4.69, 9.17) is 4.42 Å². The molecule has 0 radical (unpaired) electrons. The van der Waals surface area contributed by atoms with Crippen LogP contribution in [0.4, 0.5) is 4.79 Å². The molecule has 0 saturated carbocycles. The maximum absolute atomic E-state index is 12.3. The molecule has 2 atom stereocenters. The van der Waals surface area contributed by atoms with Crippen LogP contribution in [-0.4, -0.2) is 29.1 Å². The van der Waals surface area contributed by atoms with Gasteiger partial charge in [0.25, 0.3) is 0 Å². The molecule has 2 bridgehead atoms. The summed E-state index contributed by atoms with van der Waals surface area (Å²) in [5, 5.41) is 6.18. The van der Waals surface area contributed by atoms with Crippen molar-refractivity contribution in [2.75, 3.05) is 0 Å². The first-order chi connectivity index (χ1) is 12.8. The molecule has 2 fully saturated rings. The molecule has 5 nitrogen and oxygen atoms in total. The van der Waals surface area contributed by atoms with E-state index in [0.29, 0.717) is 18.6 Å². The van der Waals surface area contributed by atoms with Crippen LogP contribution in [0.3, 0.4) is 0 Å². The highest BCUT2D eigenvalue weighted by Crippen LogP contribution is 2.35. The first kappa shape index (κ1) is 17.2. The molecular weight excluding hydrogens is 326 g/mol. The molecular formula is C21H27N3O2. The van der Waals surface area contributed by atoms with Gasteiger partial charge in [-0.15, -0.1) is 0 Å². The summed E-state index contributed by atoms with van der Waals surface area (Å²) in [6, 6.07) is 15.3. The topological polar surface area (TPSA) is 57.5 Å². The zero-order chi connectivity index (χ0) is 17.8. The van der Waals surface area contributed by atoms with Gasteiger partial charge in [0.1, 0.15) is 5.76 Å². The number of fused-ring (bicyclic) bond motifs is 2. The van der Waals surface area contributed by atoms with Gasteiger partial charge in [0, 0.05) is 24.7 Å². The largest absolute Gasteiger partial charge is 0.468 e. The maximum Gasteiger partial charge on any atom is 0.315 e. The molecule has 138 valence electrons. The molecule has 2 aromatic rings. The predicted molar refractivity (Wildman–Crippen MR) is 101 cm³/mol. The van der Waals surface area contributed by atoms with Crippen LogP contribution in [0.25, 0.3) is 0 Å². The van der Waals surface area contributed by atoms with Crippen LogP contribution < -0.4 is 10.6 Å². The summed E-state index contributed by atoms with van der Waals surface area (Å²) in [6.45, 7) is 1.45. The molecule has 0 unspecified atom stereocenters. The SMILES string of the molecule is O=C(NCc1ccccc1)NC1C[C@H]2CCC[C@H](C1)N2Cc1ccco1. The van der Waals surface area contributed by atoms with Crippen molar-refractivity contribution in [2.24, 2.45) is 0 Å². The zero-order valence-electron chi connectivity index (χ0n) is 15.1. The minimum atomic E-state index is -0.0589. The first-order valence-corrected chi connectivity index (χ1v) is 9.64. The molecule has 2 aliphatic rings. The van der Waals surface area contributed by atoms with Crippen molar-refractivity contribution >= 4 is 6.03 Å². The Labute approximate surface area is 154 Å². The lowest BCUT2D eigenvalue weighted by Gasteiger charge is -2.48. The molecule has 3 heterocycles. The maximum atomic E-state index is 12.3. The van der Waals surface area contributed by atoms with Crippen molar-refractivity contribution in [3.05, 3.63) is 60.1 Å². The van der Waals surface area contributed by atoms with E-state index >= 15 is 0 Å². The molecule has 1 aromatic carbocycles. The lowest BCUT2D eigenvalue weighted by Crippen LogP contribution is -2.57. The summed E-state index contributed by atoms with van der Waals surface area (Å²) in [5.74, 6) is 1.04. The number of carbonyl (C=O) groups excluding carboxylic acids is 1. The Balaban J connectivity index is 1.30. The van der Waals surface area contributed by atoms with E-state index in [0.717, 1.165) is 30.7 Å². The second-order valence-corrected chi connectivity index (χ2v) is 7.47. The van der Waals surface area contributed by atoms with Gasteiger partial charge >= 0.3 is 6.03 Å². The summed E-state index contributed by atoms with van der Waals surface area (Å²) >= 11 is 0. The Morgan fingerprint density at radius 3 is 2.54 bits per heavy atom. The molecule has 2 N–H and O–H groups in total. The van der Waals surface area contributed by atoms with Crippen LogP contribution in [-0.2, 0) is 13.1 Å². The number of nitrogens with zero attached hydrogens (tertiary/aromatic N) is 1. The average molecular weight is 353 g/mol. The fourth-order valence-electron chi connectivity index (χ4n) is 4.45. The van der Waals surface area contributed by atoms with E-state index < -0.39 is 0 Å². The Hall–Kier alpha value is -2.27. The van der Waals surface area contributed by atoms with Gasteiger partial charge in [-0.05, 0) is 43.4 Å². The van der Waals surface area contributed by atoms with Crippen molar-refractivity contribution in [2.45, 2.75) is 63.3 Å². The number of rotatable bonds is 5. The third-order valence-electron chi connectivity index (χ3n) is 5.68. The van der Waals surface area contributed by atoms with Crippen LogP contribution in [0.2, 0.25) is 0 Å². The highest BCUT2D eigenvalue weighted by molar-refractivity contribution is 5.74. The standard InChI is InChI=1S/C21H27N3O2/c25-21(22-14-16-6-2-1-3-7-16)23-17-12-18-8-4-9-19(13-17)24(18)15-20-10-5-11-26-20/h1-3,5-7,10-11,17-19H,4,8-9,12-15H2,(H2,22,23,25)/t18-,19-/m1/s1. The van der Waals surface area contributed by atoms with Crippen molar-refractivity contribution in [1.29, 1.82) is 0 Å². The number of benzene rings is 1. The van der Waals surface area contributed by atoms with Crippen LogP contribution in [0, 0.1) is 0 Å². The second-order valence-electron chi connectivity index (χ2n) is 7.47. The Bertz CT molecular complexity index is 687. The van der Waals surface area contributed by atoms with Crippen molar-refractivity contribution in [3.63, 3.8) is 0 Å². The van der Waals surface area contributed by atoms with E-state index in [2.05, 4.69) is 21.6 Å². The number of nitrogens with one attached hydrogen (secondary N) is 2. The number of carbonyl (C=O) groups is 1. The average Bonchev–Trinajstić information content (AvgIpc) is 3.15. The van der Waals surface area contributed by atoms with Crippen molar-refractivity contribution < 1.29 is 9.21 Å². The van der Waals surface area contributed by atoms with Crippen molar-refractivity contribution in [1.82, 2.24) is 15.5 Å². The van der Waals surface area contributed by atoms with E-state index in [9.17, 15) is 4.79 Å². The van der Waals surface area contributed by atoms with Crippen LogP contribution >= 0.6 is 0 Å². The molecule has 5 heteroatoms. The third-order valence-corrected chi connectivity index (χ3v) is 5.68. The monoisotopic (exact) mass is 353 g/mol. The molecule has 2 saturated heterocycles. The van der Waals surface area contributed by atoms with E-state index in [-0.39, 0.29) is 12.1 Å². The molecule has 0 aliphatic carbocycles. The van der Waals surface area contributed by atoms with Crippen LogP contribution in [0.5, 0.6) is 0 Å². The number of piperidine rings is 2. The Morgan fingerprint density at radius 2 is 1.85 bits per heavy atom. The van der Waals surface area contributed by atoms with Crippen LogP contribution in [0.1, 0.15) is 43.4 Å². The van der Waals surface area contributed by atoms with Gasteiger partial charge in [0.05, 0.1) is 12.8 Å². The normalized spacial score (nSPS) is 25.6. The highest BCUT2D eigenvalue weighted by Gasteiger charge is 2.38. The van der Waals surface area contributed by atoms with Gasteiger partial charge in [0.2, 0.25) is 0 Å². The predicted octanol–water partition coefficient (Wildman–Crippen LogP) is 3.66. The quantitative estimate of drug-likeness (QED) is 0.862. The van der Waals surface area contributed by atoms with Gasteiger partial charge < -0.3 is 15.1 Å². The van der Waals surface area contributed by atoms with Crippen LogP contribution in [0.15, 0.2) is 53.1 Å². The van der Waals surface area contributed by atoms with Gasteiger partial charge in [-0.2, -0.15) is 0 Å². The number of hydrogen-bond acceptors (Lipinski definition) is 3.